The monoisotopic (exact) mass is 489 g/mol. The average Bonchev–Trinajstić information content (AvgIpc) is 3.35. The van der Waals surface area contributed by atoms with Gasteiger partial charge in [0.15, 0.2) is 22.9 Å². The summed E-state index contributed by atoms with van der Waals surface area (Å²) in [6.45, 7) is 0.664. The molecule has 3 aromatic rings. The van der Waals surface area contributed by atoms with Gasteiger partial charge in [-0.1, -0.05) is 41.4 Å². The number of nitrogens with zero attached hydrogens (tertiary/aromatic N) is 1. The molecule has 1 amide bonds. The third kappa shape index (κ3) is 4.19. The number of halogens is 2. The van der Waals surface area contributed by atoms with E-state index in [0.717, 1.165) is 0 Å². The van der Waals surface area contributed by atoms with Gasteiger partial charge in [0, 0.05) is 25.6 Å². The van der Waals surface area contributed by atoms with Crippen molar-refractivity contribution in [1.82, 2.24) is 4.90 Å². The zero-order valence-corrected chi connectivity index (χ0v) is 19.4. The number of hydrogen-bond donors (Lipinski definition) is 1. The minimum absolute atomic E-state index is 0.0207. The number of aliphatic hydroxyl groups is 1. The molecule has 1 N–H and O–H groups in total. The Morgan fingerprint density at radius 2 is 1.94 bits per heavy atom. The largest absolute Gasteiger partial charge is 0.503 e. The van der Waals surface area contributed by atoms with Crippen LogP contribution >= 0.6 is 23.2 Å². The van der Waals surface area contributed by atoms with E-state index in [2.05, 4.69) is 0 Å². The fourth-order valence-corrected chi connectivity index (χ4v) is 4.27. The molecular formula is C24H21Cl2NO6. The van der Waals surface area contributed by atoms with Crippen molar-refractivity contribution in [2.24, 2.45) is 0 Å². The maximum atomic E-state index is 13.6. The summed E-state index contributed by atoms with van der Waals surface area (Å²) in [4.78, 5) is 28.0. The van der Waals surface area contributed by atoms with Crippen molar-refractivity contribution in [2.75, 3.05) is 27.4 Å². The number of Topliss-reactive ketones (excluding diaryl/α,β-unsaturated/α-hetero) is 1. The fraction of sp³-hybridized carbons (Fsp3) is 0.250. The van der Waals surface area contributed by atoms with Crippen LogP contribution in [0.3, 0.4) is 0 Å². The first-order valence-electron chi connectivity index (χ1n) is 10.2. The predicted molar refractivity (Wildman–Crippen MR) is 124 cm³/mol. The van der Waals surface area contributed by atoms with Crippen LogP contribution in [0, 0.1) is 0 Å². The van der Waals surface area contributed by atoms with Crippen molar-refractivity contribution in [3.8, 4) is 5.75 Å². The van der Waals surface area contributed by atoms with E-state index in [-0.39, 0.29) is 22.9 Å². The van der Waals surface area contributed by atoms with E-state index in [1.54, 1.807) is 49.6 Å². The number of carbonyl (C=O) groups is 2. The summed E-state index contributed by atoms with van der Waals surface area (Å²) < 4.78 is 16.2. The van der Waals surface area contributed by atoms with Gasteiger partial charge in [0.05, 0.1) is 28.8 Å². The first-order valence-corrected chi connectivity index (χ1v) is 10.9. The van der Waals surface area contributed by atoms with Gasteiger partial charge >= 0.3 is 0 Å². The van der Waals surface area contributed by atoms with E-state index < -0.39 is 23.5 Å². The van der Waals surface area contributed by atoms with Crippen LogP contribution in [-0.2, 0) is 9.53 Å². The zero-order chi connectivity index (χ0) is 23.7. The minimum atomic E-state index is -0.869. The maximum absolute atomic E-state index is 13.6. The molecule has 7 nitrogen and oxygen atoms in total. The number of ketones is 1. The Morgan fingerprint density at radius 1 is 1.15 bits per heavy atom. The van der Waals surface area contributed by atoms with Crippen molar-refractivity contribution in [2.45, 2.75) is 12.5 Å². The van der Waals surface area contributed by atoms with Crippen LogP contribution in [0.1, 0.15) is 28.6 Å². The Labute approximate surface area is 200 Å². The smallest absolute Gasteiger partial charge is 0.290 e. The summed E-state index contributed by atoms with van der Waals surface area (Å²) in [6.07, 6.45) is 0.511. The number of hydrogen-bond acceptors (Lipinski definition) is 6. The standard InChI is InChI=1S/C24H21Cl2NO6/c1-31-10-4-9-27-20(13-7-8-15(25)16(26)11-13)19(22(29)24(27)30)21(28)18-12-14-5-3-6-17(32-2)23(14)33-18/h3,5-8,11-12,20,29H,4,9-10H2,1-2H3/t20-/m1/s1. The van der Waals surface area contributed by atoms with Crippen LogP contribution in [0.15, 0.2) is 58.2 Å². The number of rotatable bonds is 8. The Kier molecular flexibility index (Phi) is 6.65. The van der Waals surface area contributed by atoms with Crippen LogP contribution in [0.25, 0.3) is 11.0 Å². The highest BCUT2D eigenvalue weighted by molar-refractivity contribution is 6.42. The van der Waals surface area contributed by atoms with Crippen LogP contribution < -0.4 is 4.74 Å². The summed E-state index contributed by atoms with van der Waals surface area (Å²) in [5, 5.41) is 12.0. The highest BCUT2D eigenvalue weighted by Gasteiger charge is 2.44. The number of fused-ring (bicyclic) bond motifs is 1. The molecular weight excluding hydrogens is 469 g/mol. The molecule has 9 heteroatoms. The molecule has 1 aromatic heterocycles. The average molecular weight is 490 g/mol. The lowest BCUT2D eigenvalue weighted by atomic mass is 9.95. The fourth-order valence-electron chi connectivity index (χ4n) is 3.97. The van der Waals surface area contributed by atoms with Gasteiger partial charge in [-0.2, -0.15) is 0 Å². The highest BCUT2D eigenvalue weighted by atomic mass is 35.5. The van der Waals surface area contributed by atoms with E-state index in [0.29, 0.717) is 40.3 Å². The second-order valence-electron chi connectivity index (χ2n) is 7.50. The molecule has 0 spiro atoms. The molecule has 2 aromatic carbocycles. The van der Waals surface area contributed by atoms with Gasteiger partial charge < -0.3 is 23.9 Å². The lowest BCUT2D eigenvalue weighted by Crippen LogP contribution is -2.32. The molecule has 4 rings (SSSR count). The number of aliphatic hydroxyl groups excluding tert-OH is 1. The molecule has 0 saturated heterocycles. The van der Waals surface area contributed by atoms with E-state index >= 15 is 0 Å². The number of carbonyl (C=O) groups excluding carboxylic acids is 2. The van der Waals surface area contributed by atoms with Gasteiger partial charge in [0.1, 0.15) is 0 Å². The second-order valence-corrected chi connectivity index (χ2v) is 8.32. The lowest BCUT2D eigenvalue weighted by molar-refractivity contribution is -0.129. The van der Waals surface area contributed by atoms with Gasteiger partial charge in [0.2, 0.25) is 5.78 Å². The molecule has 0 bridgehead atoms. The number of ether oxygens (including phenoxy) is 2. The molecule has 0 fully saturated rings. The van der Waals surface area contributed by atoms with Crippen LogP contribution in [0.4, 0.5) is 0 Å². The number of benzene rings is 2. The SMILES string of the molecule is COCCCN1C(=O)C(O)=C(C(=O)c2cc3cccc(OC)c3o2)[C@H]1c1ccc(Cl)c(Cl)c1. The van der Waals surface area contributed by atoms with Crippen molar-refractivity contribution in [3.05, 3.63) is 75.2 Å². The first-order chi connectivity index (χ1) is 15.9. The molecule has 0 aliphatic carbocycles. The molecule has 1 aliphatic heterocycles. The third-order valence-corrected chi connectivity index (χ3v) is 6.25. The number of methoxy groups -OCH3 is 2. The first kappa shape index (κ1) is 23.2. The number of furan rings is 1. The van der Waals surface area contributed by atoms with Gasteiger partial charge in [0.25, 0.3) is 5.91 Å². The quantitative estimate of drug-likeness (QED) is 0.338. The molecule has 1 atom stereocenters. The maximum Gasteiger partial charge on any atom is 0.290 e. The molecule has 0 unspecified atom stereocenters. The van der Waals surface area contributed by atoms with Gasteiger partial charge in [-0.15, -0.1) is 0 Å². The highest BCUT2D eigenvalue weighted by Crippen LogP contribution is 2.41. The molecule has 1 aliphatic rings. The van der Waals surface area contributed by atoms with E-state index in [4.69, 9.17) is 37.1 Å². The lowest BCUT2D eigenvalue weighted by Gasteiger charge is -2.26. The van der Waals surface area contributed by atoms with Gasteiger partial charge in [-0.05, 0) is 36.2 Å². The van der Waals surface area contributed by atoms with Gasteiger partial charge in [-0.3, -0.25) is 9.59 Å². The topological polar surface area (TPSA) is 89.2 Å². The van der Waals surface area contributed by atoms with Gasteiger partial charge in [-0.25, -0.2) is 0 Å². The molecule has 2 heterocycles. The Hall–Kier alpha value is -3.00. The Bertz CT molecular complexity index is 1270. The summed E-state index contributed by atoms with van der Waals surface area (Å²) >= 11 is 12.3. The van der Waals surface area contributed by atoms with E-state index in [1.807, 2.05) is 0 Å². The van der Waals surface area contributed by atoms with Crippen LogP contribution in [0.5, 0.6) is 5.75 Å². The van der Waals surface area contributed by atoms with Crippen molar-refractivity contribution in [3.63, 3.8) is 0 Å². The molecule has 33 heavy (non-hydrogen) atoms. The normalized spacial score (nSPS) is 16.2. The number of amides is 1. The Morgan fingerprint density at radius 3 is 2.64 bits per heavy atom. The van der Waals surface area contributed by atoms with Crippen molar-refractivity contribution in [1.29, 1.82) is 0 Å². The van der Waals surface area contributed by atoms with E-state index in [9.17, 15) is 14.7 Å². The molecule has 172 valence electrons. The van der Waals surface area contributed by atoms with Crippen molar-refractivity contribution < 1.29 is 28.6 Å². The van der Waals surface area contributed by atoms with Crippen LogP contribution in [0.2, 0.25) is 10.0 Å². The Balaban J connectivity index is 1.80. The summed E-state index contributed by atoms with van der Waals surface area (Å²) in [5.74, 6) is -1.44. The molecule has 0 saturated carbocycles. The number of para-hydroxylation sites is 1. The zero-order valence-electron chi connectivity index (χ0n) is 17.9. The molecule has 0 radical (unpaired) electrons. The summed E-state index contributed by atoms with van der Waals surface area (Å²) in [5.41, 5.74) is 0.848. The van der Waals surface area contributed by atoms with Crippen LogP contribution in [-0.4, -0.2) is 49.1 Å². The second kappa shape index (κ2) is 9.47. The van der Waals surface area contributed by atoms with E-state index in [1.165, 1.54) is 12.0 Å². The minimum Gasteiger partial charge on any atom is -0.503 e. The van der Waals surface area contributed by atoms with Crippen molar-refractivity contribution >= 4 is 45.9 Å². The summed E-state index contributed by atoms with van der Waals surface area (Å²) in [6, 6.07) is 10.8. The summed E-state index contributed by atoms with van der Waals surface area (Å²) in [7, 11) is 3.06. The third-order valence-electron chi connectivity index (χ3n) is 5.51. The predicted octanol–water partition coefficient (Wildman–Crippen LogP) is 5.36.